The molecule has 0 aliphatic carbocycles. The first kappa shape index (κ1) is 17.1. The molecule has 0 spiro atoms. The molecule has 5 nitrogen and oxygen atoms in total. The van der Waals surface area contributed by atoms with Crippen molar-refractivity contribution in [2.75, 3.05) is 26.2 Å². The zero-order valence-electron chi connectivity index (χ0n) is 13.9. The molecule has 0 radical (unpaired) electrons. The lowest BCUT2D eigenvalue weighted by Crippen LogP contribution is -2.42. The van der Waals surface area contributed by atoms with Crippen LogP contribution in [-0.4, -0.2) is 53.6 Å². The van der Waals surface area contributed by atoms with E-state index in [4.69, 9.17) is 0 Å². The second-order valence-corrected chi connectivity index (χ2v) is 7.56. The maximum Gasteiger partial charge on any atom is 0.222 e. The van der Waals surface area contributed by atoms with E-state index >= 15 is 0 Å². The van der Waals surface area contributed by atoms with Gasteiger partial charge in [-0.25, -0.2) is 0 Å². The highest BCUT2D eigenvalue weighted by atomic mass is 32.1. The Morgan fingerprint density at radius 2 is 2.12 bits per heavy atom. The van der Waals surface area contributed by atoms with Crippen molar-refractivity contribution in [3.05, 3.63) is 22.4 Å². The number of rotatable bonds is 6. The van der Waals surface area contributed by atoms with Gasteiger partial charge in [-0.3, -0.25) is 14.4 Å². The first-order valence-corrected chi connectivity index (χ1v) is 9.66. The number of hydrogen-bond acceptors (Lipinski definition) is 4. The van der Waals surface area contributed by atoms with Gasteiger partial charge < -0.3 is 9.80 Å². The number of ketones is 1. The molecule has 2 amide bonds. The van der Waals surface area contributed by atoms with Crippen LogP contribution in [0.15, 0.2) is 17.5 Å². The Kier molecular flexibility index (Phi) is 5.66. The highest BCUT2D eigenvalue weighted by Gasteiger charge is 2.29. The summed E-state index contributed by atoms with van der Waals surface area (Å²) in [4.78, 5) is 41.0. The number of carbonyl (C=O) groups excluding carboxylic acids is 3. The lowest BCUT2D eigenvalue weighted by molar-refractivity contribution is -0.133. The Bertz CT molecular complexity index is 599. The highest BCUT2D eigenvalue weighted by Crippen LogP contribution is 2.24. The van der Waals surface area contributed by atoms with Gasteiger partial charge in [0.1, 0.15) is 0 Å². The van der Waals surface area contributed by atoms with Gasteiger partial charge in [0.05, 0.1) is 4.88 Å². The van der Waals surface area contributed by atoms with Crippen LogP contribution in [0.25, 0.3) is 0 Å². The fourth-order valence-corrected chi connectivity index (χ4v) is 4.30. The van der Waals surface area contributed by atoms with E-state index in [2.05, 4.69) is 0 Å². The van der Waals surface area contributed by atoms with Gasteiger partial charge in [0.25, 0.3) is 0 Å². The summed E-state index contributed by atoms with van der Waals surface area (Å²) in [7, 11) is 0. The maximum atomic E-state index is 12.5. The summed E-state index contributed by atoms with van der Waals surface area (Å²) in [6.45, 7) is 2.79. The maximum absolute atomic E-state index is 12.5. The van der Waals surface area contributed by atoms with Crippen LogP contribution in [0.2, 0.25) is 0 Å². The van der Waals surface area contributed by atoms with Crippen molar-refractivity contribution in [3.8, 4) is 0 Å². The predicted molar refractivity (Wildman–Crippen MR) is 93.0 cm³/mol. The quantitative estimate of drug-likeness (QED) is 0.743. The summed E-state index contributed by atoms with van der Waals surface area (Å²) >= 11 is 1.47. The number of piperidine rings is 1. The van der Waals surface area contributed by atoms with Crippen LogP contribution in [0, 0.1) is 5.92 Å². The minimum absolute atomic E-state index is 0.0680. The third-order valence-corrected chi connectivity index (χ3v) is 5.78. The van der Waals surface area contributed by atoms with E-state index in [9.17, 15) is 14.4 Å². The van der Waals surface area contributed by atoms with E-state index in [1.807, 2.05) is 27.3 Å². The van der Waals surface area contributed by atoms with Crippen molar-refractivity contribution in [1.82, 2.24) is 9.80 Å². The fraction of sp³-hybridized carbons (Fsp3) is 0.611. The number of carbonyl (C=O) groups is 3. The molecule has 0 saturated carbocycles. The van der Waals surface area contributed by atoms with Gasteiger partial charge in [-0.15, -0.1) is 11.3 Å². The summed E-state index contributed by atoms with van der Waals surface area (Å²) < 4.78 is 0. The van der Waals surface area contributed by atoms with E-state index in [1.54, 1.807) is 0 Å². The number of Topliss-reactive ketones (excluding diaryl/α,β-unsaturated/α-hetero) is 1. The van der Waals surface area contributed by atoms with Crippen molar-refractivity contribution in [1.29, 1.82) is 0 Å². The standard InChI is InChI=1S/C18H24N2O3S/c21-16-7-2-9-19(16)10-3-8-17(22)20-11-1-5-14(13-20)18(23)15-6-4-12-24-15/h4,6,12,14H,1-3,5,7-11,13H2/t14-/m0/s1. The summed E-state index contributed by atoms with van der Waals surface area (Å²) in [5, 5.41) is 1.92. The van der Waals surface area contributed by atoms with E-state index in [0.717, 1.165) is 37.2 Å². The molecule has 3 rings (SSSR count). The zero-order valence-corrected chi connectivity index (χ0v) is 14.7. The van der Waals surface area contributed by atoms with Crippen LogP contribution in [-0.2, 0) is 9.59 Å². The largest absolute Gasteiger partial charge is 0.343 e. The van der Waals surface area contributed by atoms with Crippen LogP contribution in [0.3, 0.4) is 0 Å². The van der Waals surface area contributed by atoms with E-state index in [1.165, 1.54) is 11.3 Å². The lowest BCUT2D eigenvalue weighted by Gasteiger charge is -2.32. The Balaban J connectivity index is 1.46. The summed E-state index contributed by atoms with van der Waals surface area (Å²) in [6.07, 6.45) is 4.51. The SMILES string of the molecule is O=C(c1cccs1)[C@H]1CCCN(C(=O)CCCN2CCCC2=O)C1. The molecule has 2 fully saturated rings. The second-order valence-electron chi connectivity index (χ2n) is 6.61. The van der Waals surface area contributed by atoms with Gasteiger partial charge in [-0.2, -0.15) is 0 Å². The third kappa shape index (κ3) is 4.04. The molecule has 1 aromatic rings. The minimum atomic E-state index is -0.0680. The van der Waals surface area contributed by atoms with Gasteiger partial charge in [0.15, 0.2) is 5.78 Å². The number of amides is 2. The minimum Gasteiger partial charge on any atom is -0.343 e. The summed E-state index contributed by atoms with van der Waals surface area (Å²) in [5.74, 6) is 0.430. The Morgan fingerprint density at radius 3 is 2.83 bits per heavy atom. The number of likely N-dealkylation sites (tertiary alicyclic amines) is 2. The first-order chi connectivity index (χ1) is 11.6. The zero-order chi connectivity index (χ0) is 16.9. The molecule has 3 heterocycles. The van der Waals surface area contributed by atoms with Crippen molar-refractivity contribution in [2.45, 2.75) is 38.5 Å². The molecular weight excluding hydrogens is 324 g/mol. The molecule has 1 atom stereocenters. The normalized spacial score (nSPS) is 21.3. The van der Waals surface area contributed by atoms with Crippen LogP contribution in [0.4, 0.5) is 0 Å². The molecule has 0 bridgehead atoms. The van der Waals surface area contributed by atoms with Crippen molar-refractivity contribution in [3.63, 3.8) is 0 Å². The predicted octanol–water partition coefficient (Wildman–Crippen LogP) is 2.57. The molecule has 24 heavy (non-hydrogen) atoms. The molecule has 2 aliphatic rings. The van der Waals surface area contributed by atoms with Gasteiger partial charge in [0.2, 0.25) is 11.8 Å². The topological polar surface area (TPSA) is 57.7 Å². The Hall–Kier alpha value is -1.69. The average molecular weight is 348 g/mol. The lowest BCUT2D eigenvalue weighted by atomic mass is 9.92. The number of nitrogens with zero attached hydrogens (tertiary/aromatic N) is 2. The van der Waals surface area contributed by atoms with E-state index in [0.29, 0.717) is 32.4 Å². The molecule has 2 aliphatic heterocycles. The highest BCUT2D eigenvalue weighted by molar-refractivity contribution is 7.12. The van der Waals surface area contributed by atoms with Crippen LogP contribution >= 0.6 is 11.3 Å². The molecule has 0 N–H and O–H groups in total. The number of thiophene rings is 1. The molecule has 0 aromatic carbocycles. The molecule has 0 unspecified atom stereocenters. The van der Waals surface area contributed by atoms with Gasteiger partial charge in [-0.05, 0) is 37.1 Å². The van der Waals surface area contributed by atoms with E-state index in [-0.39, 0.29) is 23.5 Å². The van der Waals surface area contributed by atoms with Gasteiger partial charge >= 0.3 is 0 Å². The smallest absolute Gasteiger partial charge is 0.222 e. The van der Waals surface area contributed by atoms with Gasteiger partial charge in [-0.1, -0.05) is 6.07 Å². The third-order valence-electron chi connectivity index (χ3n) is 4.90. The molecule has 130 valence electrons. The van der Waals surface area contributed by atoms with Crippen LogP contribution in [0.5, 0.6) is 0 Å². The average Bonchev–Trinajstić information content (AvgIpc) is 3.26. The number of hydrogen-bond donors (Lipinski definition) is 0. The Morgan fingerprint density at radius 1 is 1.25 bits per heavy atom. The van der Waals surface area contributed by atoms with E-state index < -0.39 is 0 Å². The van der Waals surface area contributed by atoms with Crippen molar-refractivity contribution in [2.24, 2.45) is 5.92 Å². The van der Waals surface area contributed by atoms with Crippen LogP contribution < -0.4 is 0 Å². The van der Waals surface area contributed by atoms with Crippen molar-refractivity contribution >= 4 is 28.9 Å². The molecule has 6 heteroatoms. The molecular formula is C18H24N2O3S. The van der Waals surface area contributed by atoms with Gasteiger partial charge in [0, 0.05) is 44.9 Å². The summed E-state index contributed by atoms with van der Waals surface area (Å²) in [6, 6.07) is 3.75. The monoisotopic (exact) mass is 348 g/mol. The molecule has 1 aromatic heterocycles. The van der Waals surface area contributed by atoms with Crippen LogP contribution in [0.1, 0.15) is 48.2 Å². The second kappa shape index (κ2) is 7.92. The first-order valence-electron chi connectivity index (χ1n) is 8.78. The fourth-order valence-electron chi connectivity index (χ4n) is 3.56. The molecule has 2 saturated heterocycles. The van der Waals surface area contributed by atoms with Crippen molar-refractivity contribution < 1.29 is 14.4 Å². The summed E-state index contributed by atoms with van der Waals surface area (Å²) in [5.41, 5.74) is 0. The Labute approximate surface area is 146 Å².